The van der Waals surface area contributed by atoms with Gasteiger partial charge in [-0.15, -0.1) is 10.2 Å². The molecule has 90 valence electrons. The van der Waals surface area contributed by atoms with Crippen LogP contribution in [0.1, 0.15) is 11.1 Å². The van der Waals surface area contributed by atoms with E-state index in [1.54, 1.807) is 6.07 Å². The molecule has 3 aromatic rings. The van der Waals surface area contributed by atoms with Crippen LogP contribution in [-0.2, 0) is 0 Å². The minimum atomic E-state index is -0.211. The fraction of sp³-hybridized carbons (Fsp3) is 0.167. The Morgan fingerprint density at radius 3 is 2.78 bits per heavy atom. The van der Waals surface area contributed by atoms with Crippen LogP contribution in [0.25, 0.3) is 22.3 Å². The van der Waals surface area contributed by atoms with Gasteiger partial charge in [0.25, 0.3) is 5.56 Å². The summed E-state index contributed by atoms with van der Waals surface area (Å²) in [5.74, 6) is 0.302. The first-order valence-electron chi connectivity index (χ1n) is 5.54. The molecule has 0 aliphatic carbocycles. The molecular weight excluding hydrogens is 230 g/mol. The molecule has 0 atom stereocenters. The number of benzene rings is 1. The Labute approximate surface area is 102 Å². The van der Waals surface area contributed by atoms with Crippen LogP contribution in [0.3, 0.4) is 0 Å². The predicted molar refractivity (Wildman–Crippen MR) is 67.2 cm³/mol. The highest BCUT2D eigenvalue weighted by Crippen LogP contribution is 2.21. The lowest BCUT2D eigenvalue weighted by atomic mass is 10.0. The third-order valence-corrected chi connectivity index (χ3v) is 3.14. The van der Waals surface area contributed by atoms with E-state index < -0.39 is 0 Å². The Bertz CT molecular complexity index is 773. The van der Waals surface area contributed by atoms with Gasteiger partial charge in [0, 0.05) is 0 Å². The summed E-state index contributed by atoms with van der Waals surface area (Å²) >= 11 is 0. The van der Waals surface area contributed by atoms with Crippen LogP contribution in [0.15, 0.2) is 23.0 Å². The van der Waals surface area contributed by atoms with Gasteiger partial charge in [-0.1, -0.05) is 12.1 Å². The Morgan fingerprint density at radius 2 is 2.06 bits per heavy atom. The molecule has 3 rings (SSSR count). The van der Waals surface area contributed by atoms with Gasteiger partial charge in [0.05, 0.1) is 11.1 Å². The maximum atomic E-state index is 12.0. The van der Waals surface area contributed by atoms with E-state index in [9.17, 15) is 4.79 Å². The van der Waals surface area contributed by atoms with E-state index in [4.69, 9.17) is 0 Å². The molecule has 0 fully saturated rings. The molecule has 0 bridgehead atoms. The molecule has 0 aliphatic heterocycles. The second-order valence-corrected chi connectivity index (χ2v) is 4.22. The van der Waals surface area contributed by atoms with Crippen LogP contribution in [-0.4, -0.2) is 25.6 Å². The van der Waals surface area contributed by atoms with Gasteiger partial charge in [-0.25, -0.2) is 0 Å². The first kappa shape index (κ1) is 10.6. The minimum Gasteiger partial charge on any atom is -0.321 e. The number of aryl methyl sites for hydroxylation is 2. The van der Waals surface area contributed by atoms with Gasteiger partial charge in [0.15, 0.2) is 0 Å². The monoisotopic (exact) mass is 241 g/mol. The zero-order valence-corrected chi connectivity index (χ0v) is 9.98. The maximum absolute atomic E-state index is 12.0. The molecule has 0 aliphatic rings. The smallest absolute Gasteiger partial charge is 0.259 e. The van der Waals surface area contributed by atoms with Crippen LogP contribution >= 0.6 is 0 Å². The van der Waals surface area contributed by atoms with E-state index in [-0.39, 0.29) is 5.56 Å². The lowest BCUT2D eigenvalue weighted by molar-refractivity contribution is 0.881. The number of H-pyrrole nitrogens is 2. The molecule has 0 saturated heterocycles. The number of rotatable bonds is 1. The fourth-order valence-electron chi connectivity index (χ4n) is 1.97. The van der Waals surface area contributed by atoms with E-state index in [1.807, 2.05) is 26.0 Å². The number of tetrazole rings is 1. The lowest BCUT2D eigenvalue weighted by Gasteiger charge is -2.06. The van der Waals surface area contributed by atoms with Gasteiger partial charge in [0.2, 0.25) is 5.82 Å². The molecule has 0 unspecified atom stereocenters. The third-order valence-electron chi connectivity index (χ3n) is 3.14. The number of aromatic amines is 2. The van der Waals surface area contributed by atoms with Crippen molar-refractivity contribution in [3.8, 4) is 11.4 Å². The van der Waals surface area contributed by atoms with Crippen molar-refractivity contribution in [2.24, 2.45) is 0 Å². The van der Waals surface area contributed by atoms with Gasteiger partial charge in [-0.2, -0.15) is 5.21 Å². The number of hydrogen-bond donors (Lipinski definition) is 2. The summed E-state index contributed by atoms with van der Waals surface area (Å²) < 4.78 is 0. The van der Waals surface area contributed by atoms with E-state index in [2.05, 4.69) is 25.6 Å². The highest BCUT2D eigenvalue weighted by molar-refractivity contribution is 5.85. The van der Waals surface area contributed by atoms with Crippen LogP contribution in [0.4, 0.5) is 0 Å². The number of nitrogens with one attached hydrogen (secondary N) is 2. The van der Waals surface area contributed by atoms with Crippen molar-refractivity contribution in [1.82, 2.24) is 25.6 Å². The maximum Gasteiger partial charge on any atom is 0.259 e. The highest BCUT2D eigenvalue weighted by atomic mass is 16.1. The second-order valence-electron chi connectivity index (χ2n) is 4.22. The number of aromatic nitrogens is 5. The number of nitrogens with zero attached hydrogens (tertiary/aromatic N) is 3. The van der Waals surface area contributed by atoms with Crippen molar-refractivity contribution in [3.05, 3.63) is 39.7 Å². The molecule has 0 amide bonds. The van der Waals surface area contributed by atoms with Crippen LogP contribution in [0.5, 0.6) is 0 Å². The second kappa shape index (κ2) is 3.76. The normalized spacial score (nSPS) is 11.0. The third kappa shape index (κ3) is 1.50. The summed E-state index contributed by atoms with van der Waals surface area (Å²) in [5.41, 5.74) is 3.28. The van der Waals surface area contributed by atoms with E-state index >= 15 is 0 Å². The summed E-state index contributed by atoms with van der Waals surface area (Å²) in [6, 6.07) is 5.78. The first-order valence-corrected chi connectivity index (χ1v) is 5.54. The van der Waals surface area contributed by atoms with Gasteiger partial charge in [0.1, 0.15) is 0 Å². The van der Waals surface area contributed by atoms with Crippen molar-refractivity contribution < 1.29 is 0 Å². The van der Waals surface area contributed by atoms with E-state index in [0.717, 1.165) is 22.0 Å². The van der Waals surface area contributed by atoms with Gasteiger partial charge in [-0.3, -0.25) is 4.79 Å². The summed E-state index contributed by atoms with van der Waals surface area (Å²) in [5, 5.41) is 14.4. The van der Waals surface area contributed by atoms with Crippen molar-refractivity contribution in [2.75, 3.05) is 0 Å². The van der Waals surface area contributed by atoms with Crippen LogP contribution in [0, 0.1) is 13.8 Å². The van der Waals surface area contributed by atoms with Gasteiger partial charge < -0.3 is 4.98 Å². The van der Waals surface area contributed by atoms with Crippen molar-refractivity contribution in [3.63, 3.8) is 0 Å². The zero-order chi connectivity index (χ0) is 12.7. The Kier molecular flexibility index (Phi) is 2.22. The first-order chi connectivity index (χ1) is 8.66. The quantitative estimate of drug-likeness (QED) is 0.672. The Hall–Kier alpha value is -2.50. The fourth-order valence-corrected chi connectivity index (χ4v) is 1.97. The summed E-state index contributed by atoms with van der Waals surface area (Å²) in [6.07, 6.45) is 0. The molecular formula is C12H11N5O. The topological polar surface area (TPSA) is 87.3 Å². The summed E-state index contributed by atoms with van der Waals surface area (Å²) in [4.78, 5) is 14.9. The molecule has 6 nitrogen and oxygen atoms in total. The SMILES string of the molecule is Cc1ccc2cc(-c3nn[nH]n3)c(=O)[nH]c2c1C. The number of fused-ring (bicyclic) bond motifs is 1. The molecule has 1 aromatic carbocycles. The molecule has 18 heavy (non-hydrogen) atoms. The van der Waals surface area contributed by atoms with Gasteiger partial charge >= 0.3 is 0 Å². The van der Waals surface area contributed by atoms with Crippen LogP contribution in [0.2, 0.25) is 0 Å². The zero-order valence-electron chi connectivity index (χ0n) is 9.98. The Balaban J connectivity index is 2.36. The number of hydrogen-bond acceptors (Lipinski definition) is 4. The molecule has 0 saturated carbocycles. The minimum absolute atomic E-state index is 0.211. The van der Waals surface area contributed by atoms with Crippen LogP contribution < -0.4 is 5.56 Å². The summed E-state index contributed by atoms with van der Waals surface area (Å²) in [6.45, 7) is 4.00. The van der Waals surface area contributed by atoms with Gasteiger partial charge in [-0.05, 0) is 41.6 Å². The van der Waals surface area contributed by atoms with Crippen molar-refractivity contribution in [1.29, 1.82) is 0 Å². The van der Waals surface area contributed by atoms with Crippen molar-refractivity contribution in [2.45, 2.75) is 13.8 Å². The standard InChI is InChI=1S/C12H11N5O/c1-6-3-4-8-5-9(11-14-16-17-15-11)12(18)13-10(8)7(6)2/h3-5H,1-2H3,(H,13,18)(H,14,15,16,17). The average molecular weight is 241 g/mol. The molecule has 2 aromatic heterocycles. The largest absolute Gasteiger partial charge is 0.321 e. The molecule has 2 heterocycles. The molecule has 2 N–H and O–H groups in total. The average Bonchev–Trinajstić information content (AvgIpc) is 2.88. The van der Waals surface area contributed by atoms with E-state index in [0.29, 0.717) is 11.4 Å². The summed E-state index contributed by atoms with van der Waals surface area (Å²) in [7, 11) is 0. The van der Waals surface area contributed by atoms with Crippen molar-refractivity contribution >= 4 is 10.9 Å². The van der Waals surface area contributed by atoms with E-state index in [1.165, 1.54) is 0 Å². The lowest BCUT2D eigenvalue weighted by Crippen LogP contribution is -2.10. The predicted octanol–water partition coefficient (Wildman–Crippen LogP) is 1.33. The number of pyridine rings is 1. The highest BCUT2D eigenvalue weighted by Gasteiger charge is 2.11. The molecule has 6 heteroatoms. The molecule has 0 radical (unpaired) electrons. The Morgan fingerprint density at radius 1 is 1.22 bits per heavy atom. The molecule has 0 spiro atoms.